The number of hydrogen-bond donors (Lipinski definition) is 2. The Morgan fingerprint density at radius 2 is 1.87 bits per heavy atom. The first-order valence-corrected chi connectivity index (χ1v) is 7.21. The molecule has 0 saturated heterocycles. The van der Waals surface area contributed by atoms with E-state index in [-0.39, 0.29) is 24.0 Å². The highest BCUT2D eigenvalue weighted by Gasteiger charge is 2.04. The summed E-state index contributed by atoms with van der Waals surface area (Å²) < 4.78 is 7.07. The van der Waals surface area contributed by atoms with Gasteiger partial charge < -0.3 is 15.4 Å². The third-order valence-electron chi connectivity index (χ3n) is 3.45. The molecular formula is C16H24IN5O. The van der Waals surface area contributed by atoms with Gasteiger partial charge in [-0.05, 0) is 17.2 Å². The van der Waals surface area contributed by atoms with Crippen molar-refractivity contribution in [2.45, 2.75) is 19.7 Å². The summed E-state index contributed by atoms with van der Waals surface area (Å²) in [4.78, 5) is 4.24. The number of methoxy groups -OCH3 is 1. The Morgan fingerprint density at radius 3 is 2.48 bits per heavy atom. The molecule has 2 N–H and O–H groups in total. The molecule has 2 rings (SSSR count). The van der Waals surface area contributed by atoms with Crippen LogP contribution in [0.5, 0.6) is 0 Å². The van der Waals surface area contributed by atoms with Crippen molar-refractivity contribution in [3.63, 3.8) is 0 Å². The van der Waals surface area contributed by atoms with Crippen LogP contribution in [0.2, 0.25) is 0 Å². The van der Waals surface area contributed by atoms with Crippen LogP contribution < -0.4 is 10.6 Å². The number of hydrogen-bond acceptors (Lipinski definition) is 3. The SMILES string of the molecule is CN=C(NCc1ccccc1COC)NCc1ccnn1C.I. The molecule has 0 aliphatic heterocycles. The lowest BCUT2D eigenvalue weighted by atomic mass is 10.1. The zero-order chi connectivity index (χ0) is 15.8. The number of nitrogens with zero attached hydrogens (tertiary/aromatic N) is 3. The number of ether oxygens (including phenoxy) is 1. The van der Waals surface area contributed by atoms with E-state index in [0.717, 1.165) is 11.7 Å². The first kappa shape index (κ1) is 19.4. The third kappa shape index (κ3) is 5.83. The predicted molar refractivity (Wildman–Crippen MR) is 103 cm³/mol. The molecule has 7 heteroatoms. The lowest BCUT2D eigenvalue weighted by Gasteiger charge is -2.14. The standard InChI is InChI=1S/C16H23N5O.HI/c1-17-16(19-11-15-8-9-20-21(15)2)18-10-13-6-4-5-7-14(13)12-22-3;/h4-9H,10-12H2,1-3H3,(H2,17,18,19);1H. The van der Waals surface area contributed by atoms with E-state index in [1.165, 1.54) is 11.1 Å². The summed E-state index contributed by atoms with van der Waals surface area (Å²) in [5, 5.41) is 10.7. The van der Waals surface area contributed by atoms with E-state index in [2.05, 4.69) is 32.9 Å². The van der Waals surface area contributed by atoms with E-state index < -0.39 is 0 Å². The van der Waals surface area contributed by atoms with Crippen LogP contribution in [0.1, 0.15) is 16.8 Å². The quantitative estimate of drug-likeness (QED) is 0.419. The van der Waals surface area contributed by atoms with Crippen molar-refractivity contribution in [2.75, 3.05) is 14.2 Å². The second-order valence-electron chi connectivity index (χ2n) is 4.93. The second kappa shape index (κ2) is 10.2. The summed E-state index contributed by atoms with van der Waals surface area (Å²) >= 11 is 0. The number of aliphatic imine (C=N–C) groups is 1. The van der Waals surface area contributed by atoms with Crippen LogP contribution in [0.3, 0.4) is 0 Å². The zero-order valence-corrected chi connectivity index (χ0v) is 16.1. The molecule has 126 valence electrons. The normalized spacial score (nSPS) is 11.0. The first-order chi connectivity index (χ1) is 10.7. The van der Waals surface area contributed by atoms with E-state index >= 15 is 0 Å². The average Bonchev–Trinajstić information content (AvgIpc) is 2.94. The van der Waals surface area contributed by atoms with Gasteiger partial charge in [0.25, 0.3) is 0 Å². The molecule has 0 radical (unpaired) electrons. The fourth-order valence-corrected chi connectivity index (χ4v) is 2.17. The van der Waals surface area contributed by atoms with Crippen molar-refractivity contribution >= 4 is 29.9 Å². The maximum absolute atomic E-state index is 5.23. The van der Waals surface area contributed by atoms with Gasteiger partial charge in [-0.2, -0.15) is 5.10 Å². The van der Waals surface area contributed by atoms with Crippen molar-refractivity contribution in [3.05, 3.63) is 53.3 Å². The largest absolute Gasteiger partial charge is 0.380 e. The molecule has 6 nitrogen and oxygen atoms in total. The van der Waals surface area contributed by atoms with Gasteiger partial charge >= 0.3 is 0 Å². The van der Waals surface area contributed by atoms with Gasteiger partial charge in [-0.3, -0.25) is 9.67 Å². The summed E-state index contributed by atoms with van der Waals surface area (Å²) in [6, 6.07) is 10.2. The number of guanidine groups is 1. The second-order valence-corrected chi connectivity index (χ2v) is 4.93. The minimum atomic E-state index is 0. The predicted octanol–water partition coefficient (Wildman–Crippen LogP) is 2.05. The summed E-state index contributed by atoms with van der Waals surface area (Å²) in [7, 11) is 5.40. The van der Waals surface area contributed by atoms with Gasteiger partial charge in [0.2, 0.25) is 0 Å². The molecule has 0 aliphatic carbocycles. The highest BCUT2D eigenvalue weighted by atomic mass is 127. The van der Waals surface area contributed by atoms with Crippen molar-refractivity contribution in [1.82, 2.24) is 20.4 Å². The fourth-order valence-electron chi connectivity index (χ4n) is 2.17. The molecule has 0 aliphatic rings. The molecule has 2 aromatic rings. The van der Waals surface area contributed by atoms with Gasteiger partial charge in [-0.25, -0.2) is 0 Å². The molecule has 0 bridgehead atoms. The number of nitrogens with one attached hydrogen (secondary N) is 2. The molecule has 0 atom stereocenters. The van der Waals surface area contributed by atoms with Gasteiger partial charge in [-0.15, -0.1) is 24.0 Å². The summed E-state index contributed by atoms with van der Waals surface area (Å²) in [6.07, 6.45) is 1.79. The topological polar surface area (TPSA) is 63.5 Å². The number of aromatic nitrogens is 2. The van der Waals surface area contributed by atoms with Crippen molar-refractivity contribution in [3.8, 4) is 0 Å². The van der Waals surface area contributed by atoms with Gasteiger partial charge in [0, 0.05) is 33.9 Å². The summed E-state index contributed by atoms with van der Waals surface area (Å²) in [5.41, 5.74) is 3.48. The Hall–Kier alpha value is -1.61. The minimum Gasteiger partial charge on any atom is -0.380 e. The van der Waals surface area contributed by atoms with Crippen LogP contribution in [-0.2, 0) is 31.5 Å². The van der Waals surface area contributed by atoms with Crippen LogP contribution in [0.25, 0.3) is 0 Å². The van der Waals surface area contributed by atoms with E-state index in [1.54, 1.807) is 20.4 Å². The zero-order valence-electron chi connectivity index (χ0n) is 13.7. The van der Waals surface area contributed by atoms with Crippen molar-refractivity contribution in [1.29, 1.82) is 0 Å². The maximum atomic E-state index is 5.23. The molecule has 1 aromatic carbocycles. The van der Waals surface area contributed by atoms with E-state index in [1.807, 2.05) is 29.9 Å². The van der Waals surface area contributed by atoms with Crippen molar-refractivity contribution < 1.29 is 4.74 Å². The van der Waals surface area contributed by atoms with Gasteiger partial charge in [0.15, 0.2) is 5.96 Å². The van der Waals surface area contributed by atoms with E-state index in [9.17, 15) is 0 Å². The Bertz CT molecular complexity index is 626. The molecule has 0 spiro atoms. The number of benzene rings is 1. The van der Waals surface area contributed by atoms with E-state index in [4.69, 9.17) is 4.74 Å². The van der Waals surface area contributed by atoms with Crippen LogP contribution in [-0.4, -0.2) is 29.9 Å². The van der Waals surface area contributed by atoms with Crippen LogP contribution in [0, 0.1) is 0 Å². The van der Waals surface area contributed by atoms with E-state index in [0.29, 0.717) is 19.7 Å². The van der Waals surface area contributed by atoms with Crippen LogP contribution in [0.4, 0.5) is 0 Å². The smallest absolute Gasteiger partial charge is 0.191 e. The number of rotatable bonds is 6. The third-order valence-corrected chi connectivity index (χ3v) is 3.45. The van der Waals surface area contributed by atoms with Gasteiger partial charge in [0.1, 0.15) is 0 Å². The fraction of sp³-hybridized carbons (Fsp3) is 0.375. The van der Waals surface area contributed by atoms with Crippen molar-refractivity contribution in [2.24, 2.45) is 12.0 Å². The molecule has 1 aromatic heterocycles. The molecule has 0 amide bonds. The van der Waals surface area contributed by atoms with Gasteiger partial charge in [0.05, 0.1) is 18.8 Å². The Balaban J connectivity index is 0.00000264. The lowest BCUT2D eigenvalue weighted by Crippen LogP contribution is -2.36. The molecule has 0 fully saturated rings. The molecule has 23 heavy (non-hydrogen) atoms. The lowest BCUT2D eigenvalue weighted by molar-refractivity contribution is 0.184. The Morgan fingerprint density at radius 1 is 1.17 bits per heavy atom. The molecule has 0 unspecified atom stereocenters. The van der Waals surface area contributed by atoms with Crippen LogP contribution >= 0.6 is 24.0 Å². The molecule has 0 saturated carbocycles. The Labute approximate surface area is 154 Å². The summed E-state index contributed by atoms with van der Waals surface area (Å²) in [6.45, 7) is 1.99. The minimum absolute atomic E-state index is 0. The average molecular weight is 429 g/mol. The number of halogens is 1. The van der Waals surface area contributed by atoms with Gasteiger partial charge in [-0.1, -0.05) is 24.3 Å². The molecule has 1 heterocycles. The van der Waals surface area contributed by atoms with Crippen LogP contribution in [0.15, 0.2) is 41.5 Å². The molecular weight excluding hydrogens is 405 g/mol. The first-order valence-electron chi connectivity index (χ1n) is 7.21. The Kier molecular flexibility index (Phi) is 8.64. The number of aryl methyl sites for hydroxylation is 1. The summed E-state index contributed by atoms with van der Waals surface area (Å²) in [5.74, 6) is 0.758. The monoisotopic (exact) mass is 429 g/mol. The maximum Gasteiger partial charge on any atom is 0.191 e. The highest BCUT2D eigenvalue weighted by Crippen LogP contribution is 2.09. The highest BCUT2D eigenvalue weighted by molar-refractivity contribution is 14.0.